The van der Waals surface area contributed by atoms with Crippen molar-refractivity contribution in [3.8, 4) is 5.75 Å². The molecule has 16 heavy (non-hydrogen) atoms. The van der Waals surface area contributed by atoms with Crippen LogP contribution in [0.3, 0.4) is 0 Å². The number of Topliss-reactive ketones (excluding diaryl/α,β-unsaturated/α-hetero) is 1. The molecule has 1 aromatic carbocycles. The zero-order valence-corrected chi connectivity index (χ0v) is 10.3. The molecule has 1 aromatic rings. The van der Waals surface area contributed by atoms with E-state index in [1.54, 1.807) is 7.11 Å². The second kappa shape index (κ2) is 6.31. The predicted molar refractivity (Wildman–Crippen MR) is 66.0 cm³/mol. The van der Waals surface area contributed by atoms with Crippen LogP contribution in [0, 0.1) is 5.92 Å². The molecule has 0 heterocycles. The van der Waals surface area contributed by atoms with Gasteiger partial charge in [-0.05, 0) is 30.2 Å². The van der Waals surface area contributed by atoms with Crippen LogP contribution in [-0.2, 0) is 0 Å². The maximum absolute atomic E-state index is 11.9. The van der Waals surface area contributed by atoms with Crippen molar-refractivity contribution >= 4 is 5.78 Å². The zero-order valence-electron chi connectivity index (χ0n) is 10.3. The number of ketones is 1. The smallest absolute Gasteiger partial charge is 0.163 e. The van der Waals surface area contributed by atoms with E-state index in [1.165, 1.54) is 0 Å². The van der Waals surface area contributed by atoms with E-state index in [1.807, 2.05) is 24.3 Å². The second-order valence-corrected chi connectivity index (χ2v) is 4.25. The number of hydrogen-bond acceptors (Lipinski definition) is 2. The lowest BCUT2D eigenvalue weighted by Crippen LogP contribution is -2.05. The zero-order chi connectivity index (χ0) is 12.0. The molecule has 0 radical (unpaired) electrons. The third kappa shape index (κ3) is 3.69. The summed E-state index contributed by atoms with van der Waals surface area (Å²) in [6.07, 6.45) is 2.89. The minimum absolute atomic E-state index is 0.226. The van der Waals surface area contributed by atoms with Crippen LogP contribution in [0.1, 0.15) is 43.5 Å². The Bertz CT molecular complexity index is 327. The molecule has 0 saturated carbocycles. The SMILES string of the molecule is CCCC(C)CC(=O)c1ccc(OC)cc1. The summed E-state index contributed by atoms with van der Waals surface area (Å²) in [4.78, 5) is 11.9. The lowest BCUT2D eigenvalue weighted by Gasteiger charge is -2.09. The summed E-state index contributed by atoms with van der Waals surface area (Å²) >= 11 is 0. The van der Waals surface area contributed by atoms with Crippen molar-refractivity contribution in [1.82, 2.24) is 0 Å². The van der Waals surface area contributed by atoms with E-state index in [-0.39, 0.29) is 5.78 Å². The quantitative estimate of drug-likeness (QED) is 0.683. The third-order valence-electron chi connectivity index (χ3n) is 2.73. The average molecular weight is 220 g/mol. The number of rotatable bonds is 6. The average Bonchev–Trinajstić information content (AvgIpc) is 2.29. The van der Waals surface area contributed by atoms with Crippen LogP contribution in [0.15, 0.2) is 24.3 Å². The molecule has 1 atom stereocenters. The molecule has 0 aromatic heterocycles. The van der Waals surface area contributed by atoms with E-state index in [2.05, 4.69) is 13.8 Å². The largest absolute Gasteiger partial charge is 0.497 e. The summed E-state index contributed by atoms with van der Waals surface area (Å²) in [5.74, 6) is 1.49. The van der Waals surface area contributed by atoms with Crippen molar-refractivity contribution in [2.75, 3.05) is 7.11 Å². The Balaban J connectivity index is 2.59. The minimum atomic E-state index is 0.226. The number of hydrogen-bond donors (Lipinski definition) is 0. The first-order valence-corrected chi connectivity index (χ1v) is 5.84. The number of carbonyl (C=O) groups excluding carboxylic acids is 1. The summed E-state index contributed by atoms with van der Waals surface area (Å²) in [7, 11) is 1.63. The number of carbonyl (C=O) groups is 1. The van der Waals surface area contributed by atoms with Crippen molar-refractivity contribution < 1.29 is 9.53 Å². The van der Waals surface area contributed by atoms with Gasteiger partial charge in [0, 0.05) is 12.0 Å². The Hall–Kier alpha value is -1.31. The van der Waals surface area contributed by atoms with Gasteiger partial charge in [0.1, 0.15) is 5.75 Å². The maximum atomic E-state index is 11.9. The van der Waals surface area contributed by atoms with Gasteiger partial charge < -0.3 is 4.74 Å². The Morgan fingerprint density at radius 3 is 2.44 bits per heavy atom. The van der Waals surface area contributed by atoms with Gasteiger partial charge >= 0.3 is 0 Å². The summed E-state index contributed by atoms with van der Waals surface area (Å²) in [5.41, 5.74) is 0.781. The molecule has 0 bridgehead atoms. The van der Waals surface area contributed by atoms with E-state index < -0.39 is 0 Å². The van der Waals surface area contributed by atoms with Gasteiger partial charge in [-0.1, -0.05) is 26.7 Å². The van der Waals surface area contributed by atoms with E-state index in [0.717, 1.165) is 24.2 Å². The highest BCUT2D eigenvalue weighted by atomic mass is 16.5. The summed E-state index contributed by atoms with van der Waals surface area (Å²) in [5, 5.41) is 0. The molecule has 1 unspecified atom stereocenters. The van der Waals surface area contributed by atoms with E-state index >= 15 is 0 Å². The molecule has 0 N–H and O–H groups in total. The highest BCUT2D eigenvalue weighted by Gasteiger charge is 2.10. The number of ether oxygens (including phenoxy) is 1. The summed E-state index contributed by atoms with van der Waals surface area (Å²) in [6, 6.07) is 7.33. The normalized spacial score (nSPS) is 12.2. The van der Waals surface area contributed by atoms with Crippen molar-refractivity contribution in [1.29, 1.82) is 0 Å². The fourth-order valence-corrected chi connectivity index (χ4v) is 1.81. The molecule has 0 fully saturated rings. The first-order valence-electron chi connectivity index (χ1n) is 5.84. The van der Waals surface area contributed by atoms with E-state index in [9.17, 15) is 4.79 Å². The van der Waals surface area contributed by atoms with Crippen LogP contribution in [0.4, 0.5) is 0 Å². The van der Waals surface area contributed by atoms with Gasteiger partial charge in [0.05, 0.1) is 7.11 Å². The molecule has 1 rings (SSSR count). The molecular weight excluding hydrogens is 200 g/mol. The van der Waals surface area contributed by atoms with Gasteiger partial charge in [0.25, 0.3) is 0 Å². The minimum Gasteiger partial charge on any atom is -0.497 e. The predicted octanol–water partition coefficient (Wildman–Crippen LogP) is 3.70. The van der Waals surface area contributed by atoms with Crippen molar-refractivity contribution in [3.05, 3.63) is 29.8 Å². The number of methoxy groups -OCH3 is 1. The molecule has 2 nitrogen and oxygen atoms in total. The van der Waals surface area contributed by atoms with Crippen LogP contribution in [0.2, 0.25) is 0 Å². The second-order valence-electron chi connectivity index (χ2n) is 4.25. The van der Waals surface area contributed by atoms with Crippen molar-refractivity contribution in [2.45, 2.75) is 33.1 Å². The molecule has 88 valence electrons. The summed E-state index contributed by atoms with van der Waals surface area (Å²) in [6.45, 7) is 4.28. The van der Waals surface area contributed by atoms with Gasteiger partial charge in [0.15, 0.2) is 5.78 Å². The Labute approximate surface area is 97.6 Å². The Morgan fingerprint density at radius 1 is 1.31 bits per heavy atom. The van der Waals surface area contributed by atoms with Crippen LogP contribution in [0.25, 0.3) is 0 Å². The van der Waals surface area contributed by atoms with Gasteiger partial charge in [-0.15, -0.1) is 0 Å². The molecule has 0 spiro atoms. The fourth-order valence-electron chi connectivity index (χ4n) is 1.81. The lowest BCUT2D eigenvalue weighted by molar-refractivity contribution is 0.0962. The standard InChI is InChI=1S/C14H20O2/c1-4-5-11(2)10-14(15)12-6-8-13(16-3)9-7-12/h6-9,11H,4-5,10H2,1-3H3. The lowest BCUT2D eigenvalue weighted by atomic mass is 9.96. The first kappa shape index (κ1) is 12.8. The van der Waals surface area contributed by atoms with Crippen molar-refractivity contribution in [3.63, 3.8) is 0 Å². The Morgan fingerprint density at radius 2 is 1.94 bits per heavy atom. The number of benzene rings is 1. The maximum Gasteiger partial charge on any atom is 0.163 e. The van der Waals surface area contributed by atoms with Gasteiger partial charge in [0.2, 0.25) is 0 Å². The first-order chi connectivity index (χ1) is 7.67. The Kier molecular flexibility index (Phi) is 5.03. The van der Waals surface area contributed by atoms with Gasteiger partial charge in [-0.25, -0.2) is 0 Å². The molecule has 0 aliphatic carbocycles. The van der Waals surface area contributed by atoms with E-state index in [0.29, 0.717) is 12.3 Å². The molecule has 0 amide bonds. The van der Waals surface area contributed by atoms with Crippen LogP contribution >= 0.6 is 0 Å². The van der Waals surface area contributed by atoms with Gasteiger partial charge in [-0.2, -0.15) is 0 Å². The van der Waals surface area contributed by atoms with Crippen LogP contribution in [0.5, 0.6) is 5.75 Å². The highest BCUT2D eigenvalue weighted by molar-refractivity contribution is 5.96. The third-order valence-corrected chi connectivity index (χ3v) is 2.73. The van der Waals surface area contributed by atoms with E-state index in [4.69, 9.17) is 4.74 Å². The highest BCUT2D eigenvalue weighted by Crippen LogP contribution is 2.17. The monoisotopic (exact) mass is 220 g/mol. The molecule has 0 saturated heterocycles. The molecular formula is C14H20O2. The molecule has 2 heteroatoms. The van der Waals surface area contributed by atoms with Crippen molar-refractivity contribution in [2.24, 2.45) is 5.92 Å². The van der Waals surface area contributed by atoms with Crippen LogP contribution < -0.4 is 4.74 Å². The van der Waals surface area contributed by atoms with Gasteiger partial charge in [-0.3, -0.25) is 4.79 Å². The fraction of sp³-hybridized carbons (Fsp3) is 0.500. The topological polar surface area (TPSA) is 26.3 Å². The molecule has 0 aliphatic heterocycles. The molecule has 0 aliphatic rings. The summed E-state index contributed by atoms with van der Waals surface area (Å²) < 4.78 is 5.06. The van der Waals surface area contributed by atoms with Crippen LogP contribution in [-0.4, -0.2) is 12.9 Å².